The minimum Gasteiger partial charge on any atom is -0.443 e. The number of rotatable bonds is 7. The van der Waals surface area contributed by atoms with Crippen molar-refractivity contribution in [3.05, 3.63) is 74.2 Å². The van der Waals surface area contributed by atoms with Crippen LogP contribution in [-0.4, -0.2) is 70.2 Å². The summed E-state index contributed by atoms with van der Waals surface area (Å²) in [6, 6.07) is 8.52. The zero-order chi connectivity index (χ0) is 38.9. The number of benzene rings is 1. The first kappa shape index (κ1) is 40.9. The van der Waals surface area contributed by atoms with Crippen LogP contribution in [0.25, 0.3) is 4.91 Å². The van der Waals surface area contributed by atoms with Crippen LogP contribution < -0.4 is 21.7 Å². The van der Waals surface area contributed by atoms with Gasteiger partial charge < -0.3 is 24.1 Å². The van der Waals surface area contributed by atoms with E-state index in [1.54, 1.807) is 51.1 Å². The van der Waals surface area contributed by atoms with Crippen LogP contribution in [0.3, 0.4) is 0 Å². The highest BCUT2D eigenvalue weighted by molar-refractivity contribution is 7.99. The third kappa shape index (κ3) is 7.50. The quantitative estimate of drug-likeness (QED) is 0.348. The van der Waals surface area contributed by atoms with Gasteiger partial charge in [-0.25, -0.2) is 18.0 Å². The summed E-state index contributed by atoms with van der Waals surface area (Å²) in [5, 5.41) is -0.596. The molecule has 1 spiro atoms. The molecule has 3 N–H and O–H groups in total. The van der Waals surface area contributed by atoms with E-state index in [2.05, 4.69) is 38.6 Å². The van der Waals surface area contributed by atoms with Gasteiger partial charge in [0.05, 0.1) is 12.3 Å². The molecule has 284 valence electrons. The second-order valence-corrected chi connectivity index (χ2v) is 28.8. The molecule has 1 aromatic carbocycles. The molecule has 1 fully saturated rings. The average Bonchev–Trinajstić information content (AvgIpc) is 3.36. The summed E-state index contributed by atoms with van der Waals surface area (Å²) in [6.07, 6.45) is -3.61. The van der Waals surface area contributed by atoms with E-state index in [-0.39, 0.29) is 32.8 Å². The van der Waals surface area contributed by atoms with E-state index < -0.39 is 73.6 Å². The molecule has 2 aliphatic heterocycles. The Morgan fingerprint density at radius 3 is 2.02 bits per heavy atom. The number of aryl methyl sites for hydroxylation is 1. The van der Waals surface area contributed by atoms with Gasteiger partial charge in [-0.1, -0.05) is 71.9 Å². The molecule has 13 nitrogen and oxygen atoms in total. The fraction of sp³-hybridized carbons (Fsp3) is 0.629. The van der Waals surface area contributed by atoms with Crippen molar-refractivity contribution in [2.75, 3.05) is 6.61 Å². The van der Waals surface area contributed by atoms with Gasteiger partial charge >= 0.3 is 11.8 Å². The normalized spacial score (nSPS) is 24.4. The molecule has 3 heterocycles. The third-order valence-corrected chi connectivity index (χ3v) is 21.1. The highest BCUT2D eigenvalue weighted by Crippen LogP contribution is 2.52. The number of hydrogen-bond acceptors (Lipinski definition) is 10. The molecular formula is C35H56N4O9SSi2. The molecule has 51 heavy (non-hydrogen) atoms. The van der Waals surface area contributed by atoms with Gasteiger partial charge in [-0.3, -0.25) is 9.36 Å². The largest absolute Gasteiger partial charge is 0.443 e. The number of hydrogen-bond donors (Lipinski definition) is 2. The van der Waals surface area contributed by atoms with Crippen molar-refractivity contribution in [3.63, 3.8) is 0 Å². The summed E-state index contributed by atoms with van der Waals surface area (Å²) in [5.41, 5.74) is 2.76. The Hall–Kier alpha value is -2.87. The number of carbonyl (C=O) groups excluding carboxylic acids is 1. The molecule has 1 saturated heterocycles. The summed E-state index contributed by atoms with van der Waals surface area (Å²) in [5.74, 6) is 0. The van der Waals surface area contributed by atoms with Crippen LogP contribution in [0.2, 0.25) is 36.3 Å². The minimum absolute atomic E-state index is 0.0469. The molecule has 4 rings (SSSR count). The number of aromatic nitrogens is 2. The van der Waals surface area contributed by atoms with Crippen LogP contribution >= 0.6 is 0 Å². The van der Waals surface area contributed by atoms with Gasteiger partial charge in [0.1, 0.15) is 28.3 Å². The second-order valence-electron chi connectivity index (χ2n) is 17.6. The number of ether oxygens (including phenoxy) is 2. The third-order valence-electron chi connectivity index (χ3n) is 10.6. The van der Waals surface area contributed by atoms with Crippen molar-refractivity contribution in [2.24, 2.45) is 5.73 Å². The minimum atomic E-state index is -4.29. The first-order chi connectivity index (χ1) is 23.0. The maximum Gasteiger partial charge on any atom is 0.425 e. The lowest BCUT2D eigenvalue weighted by molar-refractivity contribution is -0.0503. The van der Waals surface area contributed by atoms with Gasteiger partial charge in [-0.05, 0) is 69.5 Å². The first-order valence-corrected chi connectivity index (χ1v) is 24.4. The Kier molecular flexibility index (Phi) is 10.6. The number of nitrogens with two attached hydrogens (primary N) is 1. The predicted octanol–water partition coefficient (Wildman–Crippen LogP) is 5.41. The van der Waals surface area contributed by atoms with E-state index in [4.69, 9.17) is 24.1 Å². The van der Waals surface area contributed by atoms with E-state index in [9.17, 15) is 22.8 Å². The van der Waals surface area contributed by atoms with Crippen molar-refractivity contribution in [3.8, 4) is 0 Å². The fourth-order valence-corrected chi connectivity index (χ4v) is 9.74. The smallest absolute Gasteiger partial charge is 0.425 e. The van der Waals surface area contributed by atoms with E-state index in [1.165, 1.54) is 13.1 Å². The van der Waals surface area contributed by atoms with Gasteiger partial charge in [0.15, 0.2) is 22.9 Å². The van der Waals surface area contributed by atoms with Gasteiger partial charge in [-0.15, -0.1) is 0 Å². The molecule has 16 heteroatoms. The highest BCUT2D eigenvalue weighted by Gasteiger charge is 2.67. The molecule has 2 aromatic rings. The number of nitrogens with one attached hydrogen (secondary N) is 1. The van der Waals surface area contributed by atoms with Crippen molar-refractivity contribution in [2.45, 2.75) is 135 Å². The average molecular weight is 765 g/mol. The Morgan fingerprint density at radius 2 is 1.51 bits per heavy atom. The van der Waals surface area contributed by atoms with Gasteiger partial charge in [0, 0.05) is 11.8 Å². The van der Waals surface area contributed by atoms with E-state index in [0.717, 1.165) is 4.57 Å². The molecular weight excluding hydrogens is 709 g/mol. The van der Waals surface area contributed by atoms with Gasteiger partial charge in [0.2, 0.25) is 10.0 Å². The van der Waals surface area contributed by atoms with Crippen molar-refractivity contribution in [1.29, 1.82) is 0 Å². The highest BCUT2D eigenvalue weighted by atomic mass is 32.2. The number of nitrogens with zero attached hydrogens (tertiary/aromatic N) is 2. The topological polar surface area (TPSA) is 170 Å². The zero-order valence-corrected chi connectivity index (χ0v) is 35.3. The summed E-state index contributed by atoms with van der Waals surface area (Å²) in [7, 11) is -9.61. The van der Waals surface area contributed by atoms with Crippen LogP contribution in [-0.2, 0) is 28.3 Å². The van der Waals surface area contributed by atoms with Crippen LogP contribution in [0.1, 0.15) is 79.7 Å². The monoisotopic (exact) mass is 764 g/mol. The molecule has 0 radical (unpaired) electrons. The maximum atomic E-state index is 14.3. The number of carbonyl (C=O) groups is 1. The van der Waals surface area contributed by atoms with Crippen molar-refractivity contribution in [1.82, 2.24) is 13.9 Å². The predicted molar refractivity (Wildman–Crippen MR) is 203 cm³/mol. The van der Waals surface area contributed by atoms with E-state index in [1.807, 2.05) is 33.9 Å². The summed E-state index contributed by atoms with van der Waals surface area (Å²) in [6.45, 7) is 26.7. The summed E-state index contributed by atoms with van der Waals surface area (Å²) >= 11 is 0. The standard InChI is InChI=1S/C35H56N4O9SSi2/c1-22-20-38(30(41)39(28(22)40)31(42)47-32(2,3)4)29-27(48-51(13,14)34(8,9)10)35(24(46-29)21-45-50(11,12)33(5,6)7)26(36)25(49(43,44)37-35)23-18-16-15-17-19-23/h15-20,24,27,29,37H,21,36H2,1-14H3/t24-,27+,29-,35+/m1/s1. The fourth-order valence-electron chi connectivity index (χ4n) is 5.64. The molecule has 0 saturated carbocycles. The molecule has 1 aromatic heterocycles. The zero-order valence-electron chi connectivity index (χ0n) is 32.5. The summed E-state index contributed by atoms with van der Waals surface area (Å²) in [4.78, 5) is 40.9. The van der Waals surface area contributed by atoms with Crippen molar-refractivity contribution >= 4 is 37.7 Å². The maximum absolute atomic E-state index is 14.3. The lowest BCUT2D eigenvalue weighted by Crippen LogP contribution is -2.64. The lowest BCUT2D eigenvalue weighted by Gasteiger charge is -2.44. The van der Waals surface area contributed by atoms with Crippen LogP contribution in [0.5, 0.6) is 0 Å². The first-order valence-electron chi connectivity index (χ1n) is 17.1. The Bertz CT molecular complexity index is 1940. The lowest BCUT2D eigenvalue weighted by atomic mass is 9.85. The molecule has 2 aliphatic rings. The van der Waals surface area contributed by atoms with E-state index in [0.29, 0.717) is 10.1 Å². The summed E-state index contributed by atoms with van der Waals surface area (Å²) < 4.78 is 59.0. The second kappa shape index (κ2) is 13.2. The number of sulfonamides is 1. The van der Waals surface area contributed by atoms with Crippen LogP contribution in [0.4, 0.5) is 4.79 Å². The SMILES string of the molecule is Cc1cn([C@@H]2O[C@H](CO[Si](C)(C)C(C)(C)C)[C@@]3(NS(=O)(=O)C(c4ccccc4)=C3N)[C@H]2O[Si](C)(C)C(C)(C)C)c(=O)n(C(=O)OC(C)(C)C)c1=O. The van der Waals surface area contributed by atoms with Crippen molar-refractivity contribution < 1.29 is 31.5 Å². The molecule has 0 unspecified atom stereocenters. The molecule has 0 aliphatic carbocycles. The van der Waals surface area contributed by atoms with Crippen LogP contribution in [0, 0.1) is 6.92 Å². The molecule has 0 bridgehead atoms. The van der Waals surface area contributed by atoms with Gasteiger partial charge in [0.25, 0.3) is 5.56 Å². The Morgan fingerprint density at radius 1 is 0.961 bits per heavy atom. The Labute approximate surface area is 303 Å². The molecule has 4 atom stereocenters. The van der Waals surface area contributed by atoms with E-state index >= 15 is 0 Å². The van der Waals surface area contributed by atoms with Crippen LogP contribution in [0.15, 0.2) is 51.8 Å². The van der Waals surface area contributed by atoms with Gasteiger partial charge in [-0.2, -0.15) is 9.29 Å². The molecule has 0 amide bonds. The Balaban J connectivity index is 2.08.